The van der Waals surface area contributed by atoms with Crippen molar-refractivity contribution in [3.8, 4) is 17.6 Å². The molecule has 4 nitrogen and oxygen atoms in total. The Morgan fingerprint density at radius 3 is 2.75 bits per heavy atom. The molecule has 1 rings (SSSR count). The molecule has 2 N–H and O–H groups in total. The van der Waals surface area contributed by atoms with Crippen molar-refractivity contribution < 1.29 is 9.53 Å². The van der Waals surface area contributed by atoms with E-state index < -0.39 is 0 Å². The zero-order valence-corrected chi connectivity index (χ0v) is 12.6. The zero-order chi connectivity index (χ0) is 15.1. The third-order valence-corrected chi connectivity index (χ3v) is 3.34. The zero-order valence-electron chi connectivity index (χ0n) is 12.6. The third kappa shape index (κ3) is 3.75. The summed E-state index contributed by atoms with van der Waals surface area (Å²) in [5.41, 5.74) is 6.67. The molecular weight excluding hydrogens is 252 g/mol. The first-order valence-corrected chi connectivity index (χ1v) is 6.69. The number of hydrogen-bond donors (Lipinski definition) is 1. The van der Waals surface area contributed by atoms with Crippen LogP contribution in [0.5, 0.6) is 5.75 Å². The lowest BCUT2D eigenvalue weighted by atomic mass is 10.1. The number of rotatable bonds is 4. The average Bonchev–Trinajstić information content (AvgIpc) is 2.50. The number of hydrogen-bond acceptors (Lipinski definition) is 3. The number of benzene rings is 1. The Labute approximate surface area is 120 Å². The van der Waals surface area contributed by atoms with Gasteiger partial charge in [0.05, 0.1) is 19.2 Å². The van der Waals surface area contributed by atoms with Crippen LogP contribution >= 0.6 is 0 Å². The number of nitrogens with zero attached hydrogens (tertiary/aromatic N) is 1. The van der Waals surface area contributed by atoms with Crippen LogP contribution in [0.15, 0.2) is 18.2 Å². The van der Waals surface area contributed by atoms with E-state index >= 15 is 0 Å². The lowest BCUT2D eigenvalue weighted by molar-refractivity contribution is 0.0740. The van der Waals surface area contributed by atoms with Crippen molar-refractivity contribution in [2.45, 2.75) is 26.3 Å². The van der Waals surface area contributed by atoms with Gasteiger partial charge in [-0.1, -0.05) is 18.8 Å². The highest BCUT2D eigenvalue weighted by Gasteiger charge is 2.17. The van der Waals surface area contributed by atoms with Gasteiger partial charge in [-0.15, -0.1) is 0 Å². The second-order valence-electron chi connectivity index (χ2n) is 4.59. The highest BCUT2D eigenvalue weighted by atomic mass is 16.5. The lowest BCUT2D eigenvalue weighted by Crippen LogP contribution is -2.34. The first-order chi connectivity index (χ1) is 9.54. The van der Waals surface area contributed by atoms with Crippen molar-refractivity contribution in [3.05, 3.63) is 29.3 Å². The minimum atomic E-state index is -0.0159. The Morgan fingerprint density at radius 1 is 1.50 bits per heavy atom. The Bertz CT molecular complexity index is 529. The first-order valence-electron chi connectivity index (χ1n) is 6.69. The maximum Gasteiger partial charge on any atom is 0.253 e. The van der Waals surface area contributed by atoms with Crippen molar-refractivity contribution in [1.82, 2.24) is 4.90 Å². The maximum atomic E-state index is 12.4. The summed E-state index contributed by atoms with van der Waals surface area (Å²) in [6.45, 7) is 4.35. The molecule has 0 aliphatic heterocycles. The van der Waals surface area contributed by atoms with E-state index in [0.717, 1.165) is 6.42 Å². The molecule has 0 fully saturated rings. The summed E-state index contributed by atoms with van der Waals surface area (Å²) in [7, 11) is 3.39. The van der Waals surface area contributed by atoms with Gasteiger partial charge >= 0.3 is 0 Å². The van der Waals surface area contributed by atoms with Crippen molar-refractivity contribution in [2.75, 3.05) is 20.7 Å². The van der Waals surface area contributed by atoms with E-state index in [0.29, 0.717) is 16.9 Å². The summed E-state index contributed by atoms with van der Waals surface area (Å²) in [5, 5.41) is 0. The number of ether oxygens (including phenoxy) is 1. The molecule has 0 aliphatic rings. The normalized spacial score (nSPS) is 11.2. The summed E-state index contributed by atoms with van der Waals surface area (Å²) in [6.07, 6.45) is 0.915. The smallest absolute Gasteiger partial charge is 0.253 e. The summed E-state index contributed by atoms with van der Waals surface area (Å²) in [4.78, 5) is 14.1. The number of carbonyl (C=O) groups excluding carboxylic acids is 1. The molecule has 0 spiro atoms. The second kappa shape index (κ2) is 7.56. The van der Waals surface area contributed by atoms with Crippen LogP contribution in [-0.4, -0.2) is 37.6 Å². The van der Waals surface area contributed by atoms with Gasteiger partial charge in [-0.2, -0.15) is 0 Å². The Balaban J connectivity index is 3.11. The number of carbonyl (C=O) groups is 1. The van der Waals surface area contributed by atoms with Gasteiger partial charge in [0, 0.05) is 18.7 Å². The first kappa shape index (κ1) is 16.1. The van der Waals surface area contributed by atoms with E-state index in [1.54, 1.807) is 30.2 Å². The van der Waals surface area contributed by atoms with Crippen molar-refractivity contribution >= 4 is 5.91 Å². The van der Waals surface area contributed by atoms with Gasteiger partial charge in [0.15, 0.2) is 0 Å². The summed E-state index contributed by atoms with van der Waals surface area (Å²) in [6, 6.07) is 5.47. The van der Waals surface area contributed by atoms with Crippen LogP contribution in [0, 0.1) is 11.8 Å². The predicted molar refractivity (Wildman–Crippen MR) is 80.8 cm³/mol. The minimum Gasteiger partial charge on any atom is -0.495 e. The fourth-order valence-electron chi connectivity index (χ4n) is 1.76. The Kier molecular flexibility index (Phi) is 6.08. The van der Waals surface area contributed by atoms with Gasteiger partial charge in [-0.05, 0) is 31.5 Å². The summed E-state index contributed by atoms with van der Waals surface area (Å²) in [5.74, 6) is 6.34. The van der Waals surface area contributed by atoms with Gasteiger partial charge in [-0.3, -0.25) is 4.79 Å². The molecule has 0 saturated carbocycles. The minimum absolute atomic E-state index is 0.0159. The van der Waals surface area contributed by atoms with E-state index in [9.17, 15) is 4.79 Å². The van der Waals surface area contributed by atoms with E-state index in [2.05, 4.69) is 18.8 Å². The van der Waals surface area contributed by atoms with Gasteiger partial charge in [0.2, 0.25) is 0 Å². The van der Waals surface area contributed by atoms with Gasteiger partial charge in [-0.25, -0.2) is 0 Å². The molecule has 4 heteroatoms. The molecule has 0 heterocycles. The maximum absolute atomic E-state index is 12.4. The number of methoxy groups -OCH3 is 1. The fraction of sp³-hybridized carbons (Fsp3) is 0.438. The van der Waals surface area contributed by atoms with E-state index in [1.165, 1.54) is 0 Å². The van der Waals surface area contributed by atoms with Crippen LogP contribution in [0.25, 0.3) is 0 Å². The molecule has 1 aromatic rings. The van der Waals surface area contributed by atoms with E-state index in [-0.39, 0.29) is 18.5 Å². The van der Waals surface area contributed by atoms with Crippen molar-refractivity contribution in [1.29, 1.82) is 0 Å². The largest absolute Gasteiger partial charge is 0.495 e. The molecule has 0 aromatic heterocycles. The predicted octanol–water partition coefficient (Wildman–Crippen LogP) is 1.88. The van der Waals surface area contributed by atoms with E-state index in [4.69, 9.17) is 10.5 Å². The third-order valence-electron chi connectivity index (χ3n) is 3.34. The monoisotopic (exact) mass is 274 g/mol. The molecule has 0 aliphatic carbocycles. The van der Waals surface area contributed by atoms with Crippen LogP contribution in [0.2, 0.25) is 0 Å². The van der Waals surface area contributed by atoms with Crippen molar-refractivity contribution in [2.24, 2.45) is 5.73 Å². The van der Waals surface area contributed by atoms with Crippen LogP contribution in [-0.2, 0) is 0 Å². The average molecular weight is 274 g/mol. The standard InChI is InChI=1S/C16H22N2O2/c1-5-12(2)18(3)16(19)14-8-9-15(20-4)13(11-14)7-6-10-17/h8-9,11-12H,5,10,17H2,1-4H3. The Morgan fingerprint density at radius 2 is 2.20 bits per heavy atom. The quantitative estimate of drug-likeness (QED) is 0.853. The number of amides is 1. The topological polar surface area (TPSA) is 55.6 Å². The van der Waals surface area contributed by atoms with Gasteiger partial charge in [0.1, 0.15) is 5.75 Å². The van der Waals surface area contributed by atoms with Crippen LogP contribution in [0.3, 0.4) is 0 Å². The molecule has 20 heavy (non-hydrogen) atoms. The highest BCUT2D eigenvalue weighted by molar-refractivity contribution is 5.94. The molecule has 0 bridgehead atoms. The van der Waals surface area contributed by atoms with Gasteiger partial charge < -0.3 is 15.4 Å². The molecule has 0 radical (unpaired) electrons. The SMILES string of the molecule is CCC(C)N(C)C(=O)c1ccc(OC)c(C#CCN)c1. The molecular formula is C16H22N2O2. The van der Waals surface area contributed by atoms with Crippen molar-refractivity contribution in [3.63, 3.8) is 0 Å². The molecule has 108 valence electrons. The summed E-state index contributed by atoms with van der Waals surface area (Å²) < 4.78 is 5.24. The van der Waals surface area contributed by atoms with Crippen LogP contribution in [0.4, 0.5) is 0 Å². The Hall–Kier alpha value is -1.99. The fourth-order valence-corrected chi connectivity index (χ4v) is 1.76. The second-order valence-corrected chi connectivity index (χ2v) is 4.59. The van der Waals surface area contributed by atoms with Crippen LogP contribution < -0.4 is 10.5 Å². The molecule has 1 amide bonds. The molecule has 1 atom stereocenters. The van der Waals surface area contributed by atoms with Gasteiger partial charge in [0.25, 0.3) is 5.91 Å². The molecule has 0 saturated heterocycles. The summed E-state index contributed by atoms with van der Waals surface area (Å²) >= 11 is 0. The highest BCUT2D eigenvalue weighted by Crippen LogP contribution is 2.20. The van der Waals surface area contributed by atoms with E-state index in [1.807, 2.05) is 14.0 Å². The molecule has 1 unspecified atom stereocenters. The lowest BCUT2D eigenvalue weighted by Gasteiger charge is -2.24. The molecule has 1 aromatic carbocycles. The van der Waals surface area contributed by atoms with Crippen LogP contribution in [0.1, 0.15) is 36.2 Å². The number of nitrogens with two attached hydrogens (primary N) is 1.